The predicted octanol–water partition coefficient (Wildman–Crippen LogP) is 3.52. The zero-order valence-corrected chi connectivity index (χ0v) is 11.2. The standard InChI is InChI=1S/C14H8ClF2N3O/c15-11-8(16)3-1-6(12(11)17)7-2-4-9(21)10-13(7)19-5-20-14(10)18/h1-5,21H,(H2,18,19,20). The SMILES string of the molecule is Nc1ncnc2c(-c3ccc(F)c(Cl)c3F)ccc(O)c12. The smallest absolute Gasteiger partial charge is 0.152 e. The molecular formula is C14H8ClF2N3O. The molecule has 0 saturated carbocycles. The van der Waals surface area contributed by atoms with Gasteiger partial charge >= 0.3 is 0 Å². The van der Waals surface area contributed by atoms with Gasteiger partial charge in [0.15, 0.2) is 5.82 Å². The molecule has 0 fully saturated rings. The lowest BCUT2D eigenvalue weighted by Gasteiger charge is -2.10. The topological polar surface area (TPSA) is 72.0 Å². The number of nitrogen functional groups attached to an aromatic ring is 1. The van der Waals surface area contributed by atoms with Crippen molar-refractivity contribution in [2.75, 3.05) is 5.73 Å². The molecule has 0 radical (unpaired) electrons. The maximum Gasteiger partial charge on any atom is 0.152 e. The summed E-state index contributed by atoms with van der Waals surface area (Å²) in [5.41, 5.74) is 6.35. The highest BCUT2D eigenvalue weighted by Gasteiger charge is 2.18. The third-order valence-electron chi connectivity index (χ3n) is 3.12. The number of nitrogens with two attached hydrogens (primary N) is 1. The van der Waals surface area contributed by atoms with Crippen LogP contribution in [0.3, 0.4) is 0 Å². The van der Waals surface area contributed by atoms with E-state index in [1.807, 2.05) is 0 Å². The lowest BCUT2D eigenvalue weighted by Crippen LogP contribution is -1.96. The van der Waals surface area contributed by atoms with E-state index in [-0.39, 0.29) is 28.0 Å². The molecule has 0 saturated heterocycles. The second kappa shape index (κ2) is 4.82. The van der Waals surface area contributed by atoms with Gasteiger partial charge in [0.25, 0.3) is 0 Å². The number of hydrogen-bond acceptors (Lipinski definition) is 4. The molecule has 0 spiro atoms. The quantitative estimate of drug-likeness (QED) is 0.675. The monoisotopic (exact) mass is 307 g/mol. The van der Waals surface area contributed by atoms with Gasteiger partial charge in [-0.1, -0.05) is 11.6 Å². The Morgan fingerprint density at radius 3 is 2.52 bits per heavy atom. The summed E-state index contributed by atoms with van der Waals surface area (Å²) >= 11 is 5.59. The average molecular weight is 308 g/mol. The van der Waals surface area contributed by atoms with Gasteiger partial charge in [-0.2, -0.15) is 0 Å². The summed E-state index contributed by atoms with van der Waals surface area (Å²) in [4.78, 5) is 7.80. The van der Waals surface area contributed by atoms with Gasteiger partial charge in [0.2, 0.25) is 0 Å². The molecule has 2 aromatic carbocycles. The minimum Gasteiger partial charge on any atom is -0.507 e. The minimum atomic E-state index is -0.902. The number of fused-ring (bicyclic) bond motifs is 1. The van der Waals surface area contributed by atoms with Crippen molar-refractivity contribution < 1.29 is 13.9 Å². The molecule has 0 bridgehead atoms. The molecule has 0 aliphatic carbocycles. The molecule has 0 unspecified atom stereocenters. The van der Waals surface area contributed by atoms with Crippen molar-refractivity contribution in [3.63, 3.8) is 0 Å². The molecule has 3 N–H and O–H groups in total. The van der Waals surface area contributed by atoms with Gasteiger partial charge < -0.3 is 10.8 Å². The van der Waals surface area contributed by atoms with Crippen LogP contribution in [0.15, 0.2) is 30.6 Å². The molecule has 7 heteroatoms. The summed E-state index contributed by atoms with van der Waals surface area (Å²) < 4.78 is 27.4. The van der Waals surface area contributed by atoms with E-state index in [9.17, 15) is 13.9 Å². The highest BCUT2D eigenvalue weighted by Crippen LogP contribution is 2.37. The first kappa shape index (κ1) is 13.5. The van der Waals surface area contributed by atoms with Gasteiger partial charge in [-0.05, 0) is 24.3 Å². The molecule has 0 amide bonds. The van der Waals surface area contributed by atoms with Crippen LogP contribution in [0, 0.1) is 11.6 Å². The van der Waals surface area contributed by atoms with Crippen LogP contribution in [0.25, 0.3) is 22.0 Å². The van der Waals surface area contributed by atoms with E-state index >= 15 is 0 Å². The van der Waals surface area contributed by atoms with E-state index in [2.05, 4.69) is 9.97 Å². The van der Waals surface area contributed by atoms with E-state index in [1.165, 1.54) is 24.5 Å². The normalized spacial score (nSPS) is 11.0. The fraction of sp³-hybridized carbons (Fsp3) is 0. The predicted molar refractivity (Wildman–Crippen MR) is 76.0 cm³/mol. The van der Waals surface area contributed by atoms with Crippen LogP contribution in [-0.2, 0) is 0 Å². The number of phenols is 1. The molecule has 3 aromatic rings. The van der Waals surface area contributed by atoms with Crippen LogP contribution in [0.2, 0.25) is 5.02 Å². The third-order valence-corrected chi connectivity index (χ3v) is 3.47. The first-order chi connectivity index (χ1) is 10.0. The minimum absolute atomic E-state index is 0.0597. The van der Waals surface area contributed by atoms with Crippen molar-refractivity contribution in [1.29, 1.82) is 0 Å². The first-order valence-electron chi connectivity index (χ1n) is 5.86. The number of hydrogen-bond donors (Lipinski definition) is 2. The van der Waals surface area contributed by atoms with E-state index < -0.39 is 16.7 Å². The van der Waals surface area contributed by atoms with Crippen LogP contribution in [0.5, 0.6) is 5.75 Å². The fourth-order valence-electron chi connectivity index (χ4n) is 2.13. The molecule has 0 aliphatic rings. The molecule has 1 heterocycles. The zero-order valence-electron chi connectivity index (χ0n) is 10.4. The van der Waals surface area contributed by atoms with Crippen molar-refractivity contribution in [3.8, 4) is 16.9 Å². The summed E-state index contributed by atoms with van der Waals surface area (Å²) in [5.74, 6) is -1.82. The Morgan fingerprint density at radius 1 is 1.05 bits per heavy atom. The number of anilines is 1. The van der Waals surface area contributed by atoms with E-state index in [1.54, 1.807) is 0 Å². The van der Waals surface area contributed by atoms with E-state index in [4.69, 9.17) is 17.3 Å². The lowest BCUT2D eigenvalue weighted by atomic mass is 10.0. The second-order valence-corrected chi connectivity index (χ2v) is 4.72. The van der Waals surface area contributed by atoms with Gasteiger partial charge in [-0.15, -0.1) is 0 Å². The van der Waals surface area contributed by atoms with E-state index in [0.29, 0.717) is 5.56 Å². The van der Waals surface area contributed by atoms with Crippen LogP contribution in [0.1, 0.15) is 0 Å². The van der Waals surface area contributed by atoms with Gasteiger partial charge in [0.1, 0.15) is 28.7 Å². The summed E-state index contributed by atoms with van der Waals surface area (Å²) in [5, 5.41) is 9.45. The van der Waals surface area contributed by atoms with Crippen molar-refractivity contribution in [3.05, 3.63) is 47.2 Å². The molecule has 106 valence electrons. The van der Waals surface area contributed by atoms with Crippen molar-refractivity contribution in [2.45, 2.75) is 0 Å². The Kier molecular flexibility index (Phi) is 3.10. The highest BCUT2D eigenvalue weighted by molar-refractivity contribution is 6.31. The number of halogens is 3. The largest absolute Gasteiger partial charge is 0.507 e. The summed E-state index contributed by atoms with van der Waals surface area (Å²) in [7, 11) is 0. The van der Waals surface area contributed by atoms with Crippen molar-refractivity contribution in [1.82, 2.24) is 9.97 Å². The van der Waals surface area contributed by atoms with Crippen LogP contribution < -0.4 is 5.73 Å². The van der Waals surface area contributed by atoms with Gasteiger partial charge in [0, 0.05) is 11.1 Å². The molecule has 0 aliphatic heterocycles. The number of aromatic hydroxyl groups is 1. The van der Waals surface area contributed by atoms with Crippen molar-refractivity contribution >= 4 is 28.3 Å². The Bertz CT molecular complexity index is 862. The molecule has 4 nitrogen and oxygen atoms in total. The van der Waals surface area contributed by atoms with Gasteiger partial charge in [-0.25, -0.2) is 18.7 Å². The summed E-state index contributed by atoms with van der Waals surface area (Å²) in [6.07, 6.45) is 1.20. The highest BCUT2D eigenvalue weighted by atomic mass is 35.5. The number of rotatable bonds is 1. The first-order valence-corrected chi connectivity index (χ1v) is 6.24. The second-order valence-electron chi connectivity index (χ2n) is 4.34. The van der Waals surface area contributed by atoms with Crippen LogP contribution in [-0.4, -0.2) is 15.1 Å². The van der Waals surface area contributed by atoms with Crippen LogP contribution in [0.4, 0.5) is 14.6 Å². The average Bonchev–Trinajstić information content (AvgIpc) is 2.46. The maximum absolute atomic E-state index is 14.2. The van der Waals surface area contributed by atoms with Gasteiger partial charge in [0.05, 0.1) is 10.9 Å². The number of phenolic OH excluding ortho intramolecular Hbond substituents is 1. The van der Waals surface area contributed by atoms with E-state index in [0.717, 1.165) is 6.07 Å². The Labute approximate surface area is 122 Å². The third kappa shape index (κ3) is 2.04. The fourth-order valence-corrected chi connectivity index (χ4v) is 2.30. The number of nitrogens with zero attached hydrogens (tertiary/aromatic N) is 2. The molecular weight excluding hydrogens is 300 g/mol. The van der Waals surface area contributed by atoms with Crippen LogP contribution >= 0.6 is 11.6 Å². The number of benzene rings is 2. The molecule has 1 aromatic heterocycles. The Morgan fingerprint density at radius 2 is 1.76 bits per heavy atom. The van der Waals surface area contributed by atoms with Gasteiger partial charge in [-0.3, -0.25) is 0 Å². The summed E-state index contributed by atoms with van der Waals surface area (Å²) in [6.45, 7) is 0. The molecule has 0 atom stereocenters. The Balaban J connectivity index is 2.40. The maximum atomic E-state index is 14.2. The molecule has 3 rings (SSSR count). The molecule has 21 heavy (non-hydrogen) atoms. The zero-order chi connectivity index (χ0) is 15.1. The lowest BCUT2D eigenvalue weighted by molar-refractivity contribution is 0.481. The number of aromatic nitrogens is 2. The summed E-state index contributed by atoms with van der Waals surface area (Å²) in [6, 6.07) is 5.11. The Hall–Kier alpha value is -2.47. The van der Waals surface area contributed by atoms with Crippen molar-refractivity contribution in [2.24, 2.45) is 0 Å².